The molecule has 0 spiro atoms. The van der Waals surface area contributed by atoms with E-state index in [1.165, 1.54) is 12.1 Å². The third kappa shape index (κ3) is 4.46. The Balaban J connectivity index is 2.04. The van der Waals surface area contributed by atoms with Gasteiger partial charge in [-0.3, -0.25) is 0 Å². The average molecular weight is 326 g/mol. The van der Waals surface area contributed by atoms with Gasteiger partial charge < -0.3 is 14.8 Å². The monoisotopic (exact) mass is 326 g/mol. The summed E-state index contributed by atoms with van der Waals surface area (Å²) in [7, 11) is 0. The normalized spacial score (nSPS) is 13.9. The lowest BCUT2D eigenvalue weighted by Gasteiger charge is -2.22. The van der Waals surface area contributed by atoms with Crippen LogP contribution in [0.15, 0.2) is 29.5 Å². The molecule has 7 heteroatoms. The van der Waals surface area contributed by atoms with E-state index in [-0.39, 0.29) is 22.7 Å². The molecule has 2 rings (SSSR count). The van der Waals surface area contributed by atoms with E-state index in [2.05, 4.69) is 5.32 Å². The second-order valence-electron chi connectivity index (χ2n) is 5.22. The number of anilines is 1. The van der Waals surface area contributed by atoms with E-state index >= 15 is 0 Å². The zero-order valence-electron chi connectivity index (χ0n) is 12.9. The van der Waals surface area contributed by atoms with Crippen molar-refractivity contribution in [1.29, 1.82) is 15.8 Å². The first-order valence-electron chi connectivity index (χ1n) is 7.39. The molecule has 1 saturated heterocycles. The van der Waals surface area contributed by atoms with Gasteiger partial charge in [0.05, 0.1) is 6.61 Å². The zero-order chi connectivity index (χ0) is 17.4. The summed E-state index contributed by atoms with van der Waals surface area (Å²) in [5.74, 6) is -0.118. The highest BCUT2D eigenvalue weighted by Crippen LogP contribution is 2.24. The minimum absolute atomic E-state index is 0.121. The molecular formula is C17H15FN4O2. The fourth-order valence-corrected chi connectivity index (χ4v) is 2.24. The van der Waals surface area contributed by atoms with E-state index in [0.29, 0.717) is 25.7 Å². The van der Waals surface area contributed by atoms with Gasteiger partial charge in [-0.2, -0.15) is 15.8 Å². The van der Waals surface area contributed by atoms with E-state index in [4.69, 9.17) is 25.3 Å². The molecule has 1 aliphatic heterocycles. The second-order valence-corrected chi connectivity index (χ2v) is 5.22. The van der Waals surface area contributed by atoms with Gasteiger partial charge in [-0.25, -0.2) is 4.39 Å². The van der Waals surface area contributed by atoms with Crippen LogP contribution in [0.2, 0.25) is 0 Å². The molecule has 1 aliphatic rings. The summed E-state index contributed by atoms with van der Waals surface area (Å²) in [6, 6.07) is 9.06. The molecule has 0 amide bonds. The van der Waals surface area contributed by atoms with Gasteiger partial charge in [-0.1, -0.05) is 0 Å². The number of allylic oxidation sites excluding steroid dienone is 2. The Morgan fingerprint density at radius 1 is 1.21 bits per heavy atom. The standard InChI is InChI=1S/C17H15FN4O2/c18-15-7-14(22-16(10-21)13(8-19)9-20)1-2-17(15)24-11-12-3-5-23-6-4-12/h1-2,7,12,22H,3-6,11H2. The molecule has 0 aliphatic carbocycles. The van der Waals surface area contributed by atoms with Crippen molar-refractivity contribution >= 4 is 5.69 Å². The van der Waals surface area contributed by atoms with Crippen molar-refractivity contribution in [2.24, 2.45) is 5.92 Å². The Bertz CT molecular complexity index is 733. The highest BCUT2D eigenvalue weighted by Gasteiger charge is 2.16. The molecule has 0 radical (unpaired) electrons. The Morgan fingerprint density at radius 3 is 2.50 bits per heavy atom. The van der Waals surface area contributed by atoms with Gasteiger partial charge in [0.2, 0.25) is 0 Å². The maximum absolute atomic E-state index is 14.1. The summed E-state index contributed by atoms with van der Waals surface area (Å²) < 4.78 is 24.9. The topological polar surface area (TPSA) is 102 Å². The van der Waals surface area contributed by atoms with Crippen molar-refractivity contribution in [3.63, 3.8) is 0 Å². The van der Waals surface area contributed by atoms with Crippen LogP contribution in [0.25, 0.3) is 0 Å². The molecule has 0 aromatic heterocycles. The summed E-state index contributed by atoms with van der Waals surface area (Å²) in [6.07, 6.45) is 1.78. The highest BCUT2D eigenvalue weighted by molar-refractivity contribution is 5.59. The number of hydrogen-bond acceptors (Lipinski definition) is 6. The predicted octanol–water partition coefficient (Wildman–Crippen LogP) is 2.87. The van der Waals surface area contributed by atoms with Crippen LogP contribution in [-0.4, -0.2) is 19.8 Å². The summed E-state index contributed by atoms with van der Waals surface area (Å²) in [4.78, 5) is 0. The van der Waals surface area contributed by atoms with Crippen molar-refractivity contribution < 1.29 is 13.9 Å². The van der Waals surface area contributed by atoms with E-state index in [1.54, 1.807) is 18.2 Å². The van der Waals surface area contributed by atoms with Crippen molar-refractivity contribution in [1.82, 2.24) is 0 Å². The largest absolute Gasteiger partial charge is 0.490 e. The Kier molecular flexibility index (Phi) is 6.14. The van der Waals surface area contributed by atoms with Gasteiger partial charge in [0, 0.05) is 25.0 Å². The van der Waals surface area contributed by atoms with Crippen LogP contribution in [0.5, 0.6) is 5.75 Å². The maximum Gasteiger partial charge on any atom is 0.167 e. The molecular weight excluding hydrogens is 311 g/mol. The molecule has 1 heterocycles. The summed E-state index contributed by atoms with van der Waals surface area (Å²) in [6.45, 7) is 1.81. The molecule has 0 bridgehead atoms. The van der Waals surface area contributed by atoms with Crippen molar-refractivity contribution in [2.75, 3.05) is 25.1 Å². The number of rotatable bonds is 5. The lowest BCUT2D eigenvalue weighted by molar-refractivity contribution is 0.0492. The summed E-state index contributed by atoms with van der Waals surface area (Å²) in [5.41, 5.74) is -0.335. The number of hydrogen-bond donors (Lipinski definition) is 1. The number of nitrogens with zero attached hydrogens (tertiary/aromatic N) is 3. The minimum Gasteiger partial charge on any atom is -0.490 e. The second kappa shape index (κ2) is 8.53. The van der Waals surface area contributed by atoms with E-state index < -0.39 is 5.82 Å². The van der Waals surface area contributed by atoms with Gasteiger partial charge in [-0.15, -0.1) is 0 Å². The SMILES string of the molecule is N#CC(C#N)=C(C#N)Nc1ccc(OCC2CCOCC2)c(F)c1. The molecule has 1 fully saturated rings. The number of benzene rings is 1. The zero-order valence-corrected chi connectivity index (χ0v) is 12.9. The van der Waals surface area contributed by atoms with Crippen molar-refractivity contribution in [3.05, 3.63) is 35.3 Å². The molecule has 0 atom stereocenters. The van der Waals surface area contributed by atoms with Gasteiger partial charge in [0.25, 0.3) is 0 Å². The smallest absolute Gasteiger partial charge is 0.167 e. The summed E-state index contributed by atoms with van der Waals surface area (Å²) >= 11 is 0. The Labute approximate surface area is 139 Å². The molecule has 1 aromatic rings. The van der Waals surface area contributed by atoms with Crippen LogP contribution < -0.4 is 10.1 Å². The van der Waals surface area contributed by atoms with Crippen molar-refractivity contribution in [3.8, 4) is 24.0 Å². The third-order valence-corrected chi connectivity index (χ3v) is 3.60. The number of nitriles is 3. The predicted molar refractivity (Wildman–Crippen MR) is 82.9 cm³/mol. The van der Waals surface area contributed by atoms with E-state index in [1.807, 2.05) is 0 Å². The van der Waals surface area contributed by atoms with Gasteiger partial charge >= 0.3 is 0 Å². The summed E-state index contributed by atoms with van der Waals surface area (Å²) in [5, 5.41) is 29.1. The first-order chi connectivity index (χ1) is 11.7. The van der Waals surface area contributed by atoms with Crippen LogP contribution in [0, 0.1) is 45.7 Å². The van der Waals surface area contributed by atoms with Crippen LogP contribution in [-0.2, 0) is 4.74 Å². The number of ether oxygens (including phenoxy) is 2. The van der Waals surface area contributed by atoms with E-state index in [9.17, 15) is 4.39 Å². The maximum atomic E-state index is 14.1. The molecule has 0 saturated carbocycles. The average Bonchev–Trinajstić information content (AvgIpc) is 2.62. The van der Waals surface area contributed by atoms with Crippen LogP contribution in [0.4, 0.5) is 10.1 Å². The Morgan fingerprint density at radius 2 is 1.92 bits per heavy atom. The lowest BCUT2D eigenvalue weighted by atomic mass is 10.0. The van der Waals surface area contributed by atoms with Gasteiger partial charge in [-0.05, 0) is 30.9 Å². The Hall–Kier alpha value is -3.08. The molecule has 122 valence electrons. The third-order valence-electron chi connectivity index (χ3n) is 3.60. The van der Waals surface area contributed by atoms with Crippen LogP contribution in [0.3, 0.4) is 0 Å². The molecule has 24 heavy (non-hydrogen) atoms. The lowest BCUT2D eigenvalue weighted by Crippen LogP contribution is -2.21. The van der Waals surface area contributed by atoms with Gasteiger partial charge in [0.1, 0.15) is 23.9 Å². The molecule has 1 aromatic carbocycles. The quantitative estimate of drug-likeness (QED) is 0.835. The first-order valence-corrected chi connectivity index (χ1v) is 7.39. The fourth-order valence-electron chi connectivity index (χ4n) is 2.24. The van der Waals surface area contributed by atoms with Crippen molar-refractivity contribution in [2.45, 2.75) is 12.8 Å². The number of nitrogens with one attached hydrogen (secondary N) is 1. The highest BCUT2D eigenvalue weighted by atomic mass is 19.1. The first kappa shape index (κ1) is 17.3. The van der Waals surface area contributed by atoms with Crippen LogP contribution >= 0.6 is 0 Å². The van der Waals surface area contributed by atoms with Crippen LogP contribution in [0.1, 0.15) is 12.8 Å². The van der Waals surface area contributed by atoms with Gasteiger partial charge in [0.15, 0.2) is 17.1 Å². The molecule has 0 unspecified atom stereocenters. The molecule has 1 N–H and O–H groups in total. The molecule has 6 nitrogen and oxygen atoms in total. The minimum atomic E-state index is -0.584. The number of halogens is 1. The fraction of sp³-hybridized carbons (Fsp3) is 0.353. The van der Waals surface area contributed by atoms with E-state index in [0.717, 1.165) is 18.9 Å².